The smallest absolute Gasteiger partial charge is 0.0184 e. The Morgan fingerprint density at radius 2 is 1.23 bits per heavy atom. The van der Waals surface area contributed by atoms with Gasteiger partial charge in [-0.25, -0.2) is 0 Å². The van der Waals surface area contributed by atoms with E-state index < -0.39 is 0 Å². The minimum Gasteiger partial charge on any atom is -0.0616 e. The van der Waals surface area contributed by atoms with Crippen LogP contribution in [-0.2, 0) is 0 Å². The molecule has 0 heterocycles. The molecule has 0 radical (unpaired) electrons. The van der Waals surface area contributed by atoms with Crippen LogP contribution in [0.1, 0.15) is 91.4 Å². The van der Waals surface area contributed by atoms with E-state index in [2.05, 4.69) is 69.3 Å². The second-order valence-corrected chi connectivity index (χ2v) is 12.0. The highest BCUT2D eigenvalue weighted by Crippen LogP contribution is 2.71. The number of hydrogen-bond acceptors (Lipinski definition) is 0. The Bertz CT molecular complexity index is 817. The molecule has 0 aliphatic heterocycles. The molecule has 0 amide bonds. The largest absolute Gasteiger partial charge is 0.0616 e. The molecule has 0 heteroatoms. The van der Waals surface area contributed by atoms with Gasteiger partial charge in [-0.3, -0.25) is 0 Å². The highest BCUT2D eigenvalue weighted by Gasteiger charge is 2.62. The zero-order chi connectivity index (χ0) is 20.8. The van der Waals surface area contributed by atoms with Crippen LogP contribution in [0, 0.1) is 34.0 Å². The Morgan fingerprint density at radius 1 is 0.567 bits per heavy atom. The average Bonchev–Trinajstić information content (AvgIpc) is 3.17. The van der Waals surface area contributed by atoms with E-state index in [9.17, 15) is 0 Å². The van der Waals surface area contributed by atoms with E-state index in [1.54, 1.807) is 44.9 Å². The molecule has 0 N–H and O–H groups in total. The molecule has 3 unspecified atom stereocenters. The molecule has 30 heavy (non-hydrogen) atoms. The van der Waals surface area contributed by atoms with Crippen LogP contribution >= 0.6 is 0 Å². The van der Waals surface area contributed by atoms with E-state index in [0.717, 1.165) is 17.8 Å². The average molecular weight is 403 g/mol. The van der Waals surface area contributed by atoms with Gasteiger partial charge >= 0.3 is 0 Å². The lowest BCUT2D eigenvalue weighted by atomic mass is 9.40. The van der Waals surface area contributed by atoms with E-state index in [1.165, 1.54) is 36.5 Å². The Kier molecular flexibility index (Phi) is 5.27. The van der Waals surface area contributed by atoms with Gasteiger partial charge in [0.1, 0.15) is 0 Å². The van der Waals surface area contributed by atoms with E-state index in [-0.39, 0.29) is 0 Å². The minimum atomic E-state index is 0.687. The molecule has 6 rings (SSSR count). The first kappa shape index (κ1) is 20.6. The first-order valence-corrected chi connectivity index (χ1v) is 12.9. The van der Waals surface area contributed by atoms with Crippen molar-refractivity contribution in [2.24, 2.45) is 34.0 Å². The standard InChI is InChI=1S/C20H34.C10H8/c1-18-11-6-8-16(18)20(3)14-9-15-7-4-5-12-19(15,2)17(20)10-13-18;1-2-6-10-8-4-3-7-9(10)5-1/h15-17H,4-14H2,1-3H3;1-8H/t15?,16?,17?,18-,19-,20-;/m0./s1. The second kappa shape index (κ2) is 7.68. The summed E-state index contributed by atoms with van der Waals surface area (Å²) < 4.78 is 0. The SMILES string of the molecule is C[C@@]12CCCC1[C@]1(C)CCC3CCCC[C@]3(C)C1CC2.c1ccc2ccccc2c1. The van der Waals surface area contributed by atoms with E-state index in [4.69, 9.17) is 0 Å². The van der Waals surface area contributed by atoms with Gasteiger partial charge in [0.15, 0.2) is 0 Å². The lowest BCUT2D eigenvalue weighted by Crippen LogP contribution is -2.57. The summed E-state index contributed by atoms with van der Waals surface area (Å²) >= 11 is 0. The highest BCUT2D eigenvalue weighted by atomic mass is 14.7. The molecule has 4 aliphatic rings. The van der Waals surface area contributed by atoms with Crippen LogP contribution in [0.25, 0.3) is 10.8 Å². The Hall–Kier alpha value is -1.30. The number of benzene rings is 2. The molecule has 0 aromatic heterocycles. The van der Waals surface area contributed by atoms with E-state index in [0.29, 0.717) is 16.2 Å². The monoisotopic (exact) mass is 402 g/mol. The molecule has 4 saturated carbocycles. The van der Waals surface area contributed by atoms with Crippen LogP contribution in [-0.4, -0.2) is 0 Å². The summed E-state index contributed by atoms with van der Waals surface area (Å²) in [6.45, 7) is 8.07. The molecule has 2 aromatic carbocycles. The maximum Gasteiger partial charge on any atom is -0.0184 e. The number of rotatable bonds is 0. The van der Waals surface area contributed by atoms with Gasteiger partial charge in [0.2, 0.25) is 0 Å². The van der Waals surface area contributed by atoms with Crippen LogP contribution in [0.3, 0.4) is 0 Å². The lowest BCUT2D eigenvalue weighted by Gasteiger charge is -2.65. The molecule has 0 nitrogen and oxygen atoms in total. The quantitative estimate of drug-likeness (QED) is 0.412. The van der Waals surface area contributed by atoms with Crippen molar-refractivity contribution < 1.29 is 0 Å². The Labute approximate surface area is 184 Å². The first-order valence-electron chi connectivity index (χ1n) is 12.9. The topological polar surface area (TPSA) is 0 Å². The number of fused-ring (bicyclic) bond motifs is 6. The summed E-state index contributed by atoms with van der Waals surface area (Å²) in [5, 5.41) is 2.62. The molecule has 6 atom stereocenters. The molecule has 2 aromatic rings. The molecule has 0 bridgehead atoms. The van der Waals surface area contributed by atoms with Crippen molar-refractivity contribution in [2.75, 3.05) is 0 Å². The van der Waals surface area contributed by atoms with Crippen LogP contribution < -0.4 is 0 Å². The number of hydrogen-bond donors (Lipinski definition) is 0. The minimum absolute atomic E-state index is 0.687. The Morgan fingerprint density at radius 3 is 1.90 bits per heavy atom. The van der Waals surface area contributed by atoms with Crippen molar-refractivity contribution in [3.8, 4) is 0 Å². The summed E-state index contributed by atoms with van der Waals surface area (Å²) in [6, 6.07) is 16.7. The van der Waals surface area contributed by atoms with Crippen molar-refractivity contribution in [3.63, 3.8) is 0 Å². The van der Waals surface area contributed by atoms with Crippen LogP contribution in [0.2, 0.25) is 0 Å². The molecule has 162 valence electrons. The molecule has 4 aliphatic carbocycles. The zero-order valence-corrected chi connectivity index (χ0v) is 19.6. The van der Waals surface area contributed by atoms with E-state index in [1.807, 2.05) is 0 Å². The van der Waals surface area contributed by atoms with Gasteiger partial charge in [0.05, 0.1) is 0 Å². The highest BCUT2D eigenvalue weighted by molar-refractivity contribution is 5.82. The van der Waals surface area contributed by atoms with Crippen molar-refractivity contribution in [3.05, 3.63) is 48.5 Å². The fourth-order valence-corrected chi connectivity index (χ4v) is 9.12. The fraction of sp³-hybridized carbons (Fsp3) is 0.667. The normalized spacial score (nSPS) is 42.4. The third-order valence-electron chi connectivity index (χ3n) is 10.6. The predicted octanol–water partition coefficient (Wildman–Crippen LogP) is 9.04. The molecule has 0 spiro atoms. The van der Waals surface area contributed by atoms with Crippen molar-refractivity contribution >= 4 is 10.8 Å². The molecular formula is C30H42. The third kappa shape index (κ3) is 3.25. The lowest BCUT2D eigenvalue weighted by molar-refractivity contribution is -0.157. The van der Waals surface area contributed by atoms with Crippen LogP contribution in [0.15, 0.2) is 48.5 Å². The third-order valence-corrected chi connectivity index (χ3v) is 10.6. The molecule has 0 saturated heterocycles. The van der Waals surface area contributed by atoms with Gasteiger partial charge in [0.25, 0.3) is 0 Å². The van der Waals surface area contributed by atoms with Gasteiger partial charge in [-0.15, -0.1) is 0 Å². The van der Waals surface area contributed by atoms with Crippen molar-refractivity contribution in [2.45, 2.75) is 91.4 Å². The summed E-state index contributed by atoms with van der Waals surface area (Å²) in [4.78, 5) is 0. The van der Waals surface area contributed by atoms with Gasteiger partial charge in [-0.05, 0) is 96.1 Å². The van der Waals surface area contributed by atoms with Gasteiger partial charge in [0, 0.05) is 0 Å². The van der Waals surface area contributed by atoms with Gasteiger partial charge < -0.3 is 0 Å². The second-order valence-electron chi connectivity index (χ2n) is 12.0. The van der Waals surface area contributed by atoms with Crippen molar-refractivity contribution in [1.29, 1.82) is 0 Å². The van der Waals surface area contributed by atoms with Crippen LogP contribution in [0.4, 0.5) is 0 Å². The van der Waals surface area contributed by atoms with E-state index >= 15 is 0 Å². The molecular weight excluding hydrogens is 360 g/mol. The summed E-state index contributed by atoms with van der Waals surface area (Å²) in [7, 11) is 0. The summed E-state index contributed by atoms with van der Waals surface area (Å²) in [5.41, 5.74) is 2.10. The maximum atomic E-state index is 2.72. The first-order chi connectivity index (χ1) is 14.5. The Balaban J connectivity index is 0.000000161. The zero-order valence-electron chi connectivity index (χ0n) is 19.6. The van der Waals surface area contributed by atoms with Gasteiger partial charge in [-0.2, -0.15) is 0 Å². The summed E-state index contributed by atoms with van der Waals surface area (Å²) in [5.74, 6) is 3.17. The van der Waals surface area contributed by atoms with Crippen molar-refractivity contribution in [1.82, 2.24) is 0 Å². The predicted molar refractivity (Wildman–Crippen MR) is 130 cm³/mol. The fourth-order valence-electron chi connectivity index (χ4n) is 9.12. The van der Waals surface area contributed by atoms with Gasteiger partial charge in [-0.1, -0.05) is 88.6 Å². The summed E-state index contributed by atoms with van der Waals surface area (Å²) in [6.07, 6.45) is 16.9. The van der Waals surface area contributed by atoms with Crippen LogP contribution in [0.5, 0.6) is 0 Å². The molecule has 4 fully saturated rings. The maximum absolute atomic E-state index is 2.72.